The predicted octanol–water partition coefficient (Wildman–Crippen LogP) is 1.18. The Balaban J connectivity index is 2.03. The molecular weight excluding hydrogens is 262 g/mol. The summed E-state index contributed by atoms with van der Waals surface area (Å²) in [4.78, 5) is 16.0. The van der Waals surface area contributed by atoms with Gasteiger partial charge in [0.1, 0.15) is 0 Å². The average molecular weight is 279 g/mol. The molecule has 0 bridgehead atoms. The third-order valence-corrected chi connectivity index (χ3v) is 3.67. The van der Waals surface area contributed by atoms with E-state index in [1.807, 2.05) is 10.7 Å². The lowest BCUT2D eigenvalue weighted by Gasteiger charge is -2.22. The lowest BCUT2D eigenvalue weighted by atomic mass is 10.1. The van der Waals surface area contributed by atoms with Gasteiger partial charge < -0.3 is 14.8 Å². The minimum Gasteiger partial charge on any atom is -0.387 e. The molecule has 0 aromatic carbocycles. The van der Waals surface area contributed by atoms with Gasteiger partial charge in [-0.3, -0.25) is 4.79 Å². The number of aromatic nitrogens is 2. The van der Waals surface area contributed by atoms with Crippen LogP contribution in [0.1, 0.15) is 17.3 Å². The summed E-state index contributed by atoms with van der Waals surface area (Å²) >= 11 is 1.55. The van der Waals surface area contributed by atoms with Crippen LogP contribution >= 0.6 is 11.8 Å². The minimum absolute atomic E-state index is 0.190. The zero-order chi connectivity index (χ0) is 13.9. The van der Waals surface area contributed by atoms with Crippen molar-refractivity contribution in [3.05, 3.63) is 36.4 Å². The topological polar surface area (TPSA) is 66.6 Å². The number of carbonyl (C=O) groups is 1. The van der Waals surface area contributed by atoms with Crippen molar-refractivity contribution in [2.45, 2.75) is 12.5 Å². The van der Waals surface area contributed by atoms with E-state index in [9.17, 15) is 9.90 Å². The summed E-state index contributed by atoms with van der Waals surface area (Å²) in [5, 5.41) is 12.7. The van der Waals surface area contributed by atoms with Crippen LogP contribution in [0.5, 0.6) is 0 Å². The first-order valence-corrected chi connectivity index (χ1v) is 7.32. The van der Waals surface area contributed by atoms with Crippen molar-refractivity contribution >= 4 is 23.2 Å². The number of fused-ring (bicyclic) bond motifs is 1. The second-order valence-electron chi connectivity index (χ2n) is 4.75. The van der Waals surface area contributed by atoms with Gasteiger partial charge in [-0.05, 0) is 25.3 Å². The van der Waals surface area contributed by atoms with Crippen molar-refractivity contribution in [1.82, 2.24) is 14.7 Å². The molecule has 1 amide bonds. The number of rotatable bonds is 5. The van der Waals surface area contributed by atoms with Crippen LogP contribution in [-0.2, 0) is 0 Å². The van der Waals surface area contributed by atoms with Gasteiger partial charge in [-0.15, -0.1) is 0 Å². The van der Waals surface area contributed by atoms with Crippen LogP contribution in [0.15, 0.2) is 30.9 Å². The summed E-state index contributed by atoms with van der Waals surface area (Å²) in [6.07, 6.45) is 7.09. The van der Waals surface area contributed by atoms with E-state index in [0.717, 1.165) is 5.52 Å². The summed E-state index contributed by atoms with van der Waals surface area (Å²) in [6.45, 7) is 1.95. The van der Waals surface area contributed by atoms with Crippen molar-refractivity contribution in [1.29, 1.82) is 0 Å². The second kappa shape index (κ2) is 5.63. The molecule has 2 aromatic heterocycles. The van der Waals surface area contributed by atoms with Gasteiger partial charge in [0.25, 0.3) is 5.91 Å². The number of nitrogens with one attached hydrogen (secondary N) is 1. The van der Waals surface area contributed by atoms with Crippen LogP contribution in [0.4, 0.5) is 0 Å². The van der Waals surface area contributed by atoms with Crippen molar-refractivity contribution in [3.63, 3.8) is 0 Å². The van der Waals surface area contributed by atoms with Crippen LogP contribution in [-0.4, -0.2) is 44.6 Å². The van der Waals surface area contributed by atoms with E-state index < -0.39 is 5.60 Å². The van der Waals surface area contributed by atoms with E-state index in [0.29, 0.717) is 11.3 Å². The first-order chi connectivity index (χ1) is 9.02. The molecule has 102 valence electrons. The molecular formula is C13H17N3O2S. The molecule has 0 saturated carbocycles. The number of pyridine rings is 1. The van der Waals surface area contributed by atoms with E-state index in [1.165, 1.54) is 0 Å². The van der Waals surface area contributed by atoms with E-state index >= 15 is 0 Å². The zero-order valence-corrected chi connectivity index (χ0v) is 11.8. The van der Waals surface area contributed by atoms with Gasteiger partial charge in [-0.2, -0.15) is 11.8 Å². The predicted molar refractivity (Wildman–Crippen MR) is 76.5 cm³/mol. The normalized spacial score (nSPS) is 14.3. The maximum Gasteiger partial charge on any atom is 0.251 e. The molecule has 2 N–H and O–H groups in total. The summed E-state index contributed by atoms with van der Waals surface area (Å²) < 4.78 is 1.83. The van der Waals surface area contributed by atoms with Crippen molar-refractivity contribution in [3.8, 4) is 0 Å². The lowest BCUT2D eigenvalue weighted by molar-refractivity contribution is 0.0725. The molecule has 6 heteroatoms. The highest BCUT2D eigenvalue weighted by Gasteiger charge is 2.20. The van der Waals surface area contributed by atoms with Crippen LogP contribution in [0.3, 0.4) is 0 Å². The number of hydrogen-bond donors (Lipinski definition) is 2. The highest BCUT2D eigenvalue weighted by molar-refractivity contribution is 7.98. The molecule has 2 aromatic rings. The number of aliphatic hydroxyl groups is 1. The fourth-order valence-electron chi connectivity index (χ4n) is 1.80. The van der Waals surface area contributed by atoms with E-state index in [-0.39, 0.29) is 12.5 Å². The third kappa shape index (κ3) is 3.48. The maximum atomic E-state index is 12.0. The molecule has 0 saturated heterocycles. The molecule has 5 nitrogen and oxygen atoms in total. The quantitative estimate of drug-likeness (QED) is 0.862. The number of carbonyl (C=O) groups excluding carboxylic acids is 1. The number of hydrogen-bond acceptors (Lipinski definition) is 4. The first kappa shape index (κ1) is 13.9. The highest BCUT2D eigenvalue weighted by atomic mass is 32.2. The number of amides is 1. The largest absolute Gasteiger partial charge is 0.387 e. The Morgan fingerprint density at radius 2 is 2.42 bits per heavy atom. The van der Waals surface area contributed by atoms with Gasteiger partial charge in [-0.25, -0.2) is 4.98 Å². The SMILES string of the molecule is CSCC(C)(O)CNC(=O)c1ccn2cncc2c1. The Kier molecular flexibility index (Phi) is 4.11. The Bertz CT molecular complexity index is 580. The lowest BCUT2D eigenvalue weighted by Crippen LogP contribution is -2.42. The monoisotopic (exact) mass is 279 g/mol. The number of imidazole rings is 1. The molecule has 0 radical (unpaired) electrons. The van der Waals surface area contributed by atoms with Crippen LogP contribution in [0.25, 0.3) is 5.52 Å². The van der Waals surface area contributed by atoms with E-state index in [1.54, 1.807) is 49.5 Å². The van der Waals surface area contributed by atoms with Crippen LogP contribution in [0, 0.1) is 0 Å². The van der Waals surface area contributed by atoms with Crippen molar-refractivity contribution in [2.24, 2.45) is 0 Å². The molecule has 0 spiro atoms. The van der Waals surface area contributed by atoms with Gasteiger partial charge in [-0.1, -0.05) is 0 Å². The van der Waals surface area contributed by atoms with Crippen LogP contribution < -0.4 is 5.32 Å². The standard InChI is InChI=1S/C13H17N3O2S/c1-13(18,8-19-2)7-15-12(17)10-3-4-16-9-14-6-11(16)5-10/h3-6,9,18H,7-8H2,1-2H3,(H,15,17). The van der Waals surface area contributed by atoms with Crippen molar-refractivity contribution in [2.75, 3.05) is 18.6 Å². The highest BCUT2D eigenvalue weighted by Crippen LogP contribution is 2.10. The molecule has 0 aliphatic rings. The number of nitrogens with zero attached hydrogens (tertiary/aromatic N) is 2. The van der Waals surface area contributed by atoms with E-state index in [4.69, 9.17) is 0 Å². The first-order valence-electron chi connectivity index (χ1n) is 5.93. The molecule has 0 aliphatic heterocycles. The van der Waals surface area contributed by atoms with Crippen molar-refractivity contribution < 1.29 is 9.90 Å². The third-order valence-electron chi connectivity index (χ3n) is 2.76. The summed E-state index contributed by atoms with van der Waals surface area (Å²) in [7, 11) is 0. The molecule has 0 aliphatic carbocycles. The molecule has 2 rings (SSSR count). The zero-order valence-electron chi connectivity index (χ0n) is 11.0. The summed E-state index contributed by atoms with van der Waals surface area (Å²) in [6, 6.07) is 3.50. The molecule has 1 atom stereocenters. The minimum atomic E-state index is -0.893. The second-order valence-corrected chi connectivity index (χ2v) is 5.62. The Labute approximate surface area is 116 Å². The Morgan fingerprint density at radius 1 is 1.63 bits per heavy atom. The molecule has 19 heavy (non-hydrogen) atoms. The smallest absolute Gasteiger partial charge is 0.251 e. The fraction of sp³-hybridized carbons (Fsp3) is 0.385. The van der Waals surface area contributed by atoms with Gasteiger partial charge >= 0.3 is 0 Å². The number of thioether (sulfide) groups is 1. The Hall–Kier alpha value is -1.53. The van der Waals surface area contributed by atoms with Gasteiger partial charge in [0.15, 0.2) is 0 Å². The van der Waals surface area contributed by atoms with Gasteiger partial charge in [0.2, 0.25) is 0 Å². The average Bonchev–Trinajstić information content (AvgIpc) is 2.83. The van der Waals surface area contributed by atoms with Crippen LogP contribution in [0.2, 0.25) is 0 Å². The molecule has 1 unspecified atom stereocenters. The molecule has 2 heterocycles. The summed E-state index contributed by atoms with van der Waals surface area (Å²) in [5.41, 5.74) is 0.534. The molecule has 0 fully saturated rings. The summed E-state index contributed by atoms with van der Waals surface area (Å²) in [5.74, 6) is 0.389. The Morgan fingerprint density at radius 3 is 3.16 bits per heavy atom. The van der Waals surface area contributed by atoms with E-state index in [2.05, 4.69) is 10.3 Å². The fourth-order valence-corrected chi connectivity index (χ4v) is 2.52. The maximum absolute atomic E-state index is 12.0. The van der Waals surface area contributed by atoms with Gasteiger partial charge in [0, 0.05) is 24.1 Å². The van der Waals surface area contributed by atoms with Gasteiger partial charge in [0.05, 0.1) is 23.6 Å².